The lowest BCUT2D eigenvalue weighted by molar-refractivity contribution is 0.174. The van der Waals surface area contributed by atoms with Crippen molar-refractivity contribution in [3.05, 3.63) is 59.4 Å². The van der Waals surface area contributed by atoms with Crippen molar-refractivity contribution < 1.29 is 22.3 Å². The maximum absolute atomic E-state index is 13.5. The fourth-order valence-electron chi connectivity index (χ4n) is 2.12. The molecule has 0 aliphatic carbocycles. The molecule has 7 heteroatoms. The summed E-state index contributed by atoms with van der Waals surface area (Å²) in [5.41, 5.74) is 0.877. The highest BCUT2D eigenvalue weighted by atomic mass is 32.2. The Kier molecular flexibility index (Phi) is 4.00. The van der Waals surface area contributed by atoms with Crippen molar-refractivity contribution in [3.63, 3.8) is 0 Å². The zero-order chi connectivity index (χ0) is 15.6. The van der Waals surface area contributed by atoms with Gasteiger partial charge in [0, 0.05) is 12.1 Å². The van der Waals surface area contributed by atoms with Crippen molar-refractivity contribution in [1.29, 1.82) is 0 Å². The summed E-state index contributed by atoms with van der Waals surface area (Å²) in [6.45, 7) is 0.269. The molecule has 0 amide bonds. The SMILES string of the molecule is O=S(=O)(Cc1ccccc1F)NCc1ccc2c(c1)OCO2. The number of sulfonamides is 1. The molecule has 1 aliphatic heterocycles. The first-order valence-electron chi connectivity index (χ1n) is 6.63. The minimum absolute atomic E-state index is 0.105. The predicted octanol–water partition coefficient (Wildman–Crippen LogP) is 2.17. The van der Waals surface area contributed by atoms with E-state index in [1.165, 1.54) is 18.2 Å². The zero-order valence-corrected chi connectivity index (χ0v) is 12.4. The average Bonchev–Trinajstić information content (AvgIpc) is 2.95. The second-order valence-electron chi connectivity index (χ2n) is 4.86. The minimum atomic E-state index is -3.63. The van der Waals surface area contributed by atoms with Gasteiger partial charge in [0.25, 0.3) is 0 Å². The molecule has 0 radical (unpaired) electrons. The van der Waals surface area contributed by atoms with Crippen LogP contribution in [0.1, 0.15) is 11.1 Å². The van der Waals surface area contributed by atoms with E-state index in [1.54, 1.807) is 24.3 Å². The van der Waals surface area contributed by atoms with E-state index >= 15 is 0 Å². The maximum atomic E-state index is 13.5. The first-order chi connectivity index (χ1) is 10.5. The molecule has 0 saturated heterocycles. The van der Waals surface area contributed by atoms with Gasteiger partial charge in [-0.25, -0.2) is 17.5 Å². The van der Waals surface area contributed by atoms with Crippen LogP contribution in [0.4, 0.5) is 4.39 Å². The summed E-state index contributed by atoms with van der Waals surface area (Å²) in [7, 11) is -3.63. The molecular formula is C15H14FNO4S. The van der Waals surface area contributed by atoms with Gasteiger partial charge in [0.2, 0.25) is 16.8 Å². The number of ether oxygens (including phenoxy) is 2. The third-order valence-corrected chi connectivity index (χ3v) is 4.51. The number of halogens is 1. The molecule has 0 unspecified atom stereocenters. The van der Waals surface area contributed by atoms with E-state index in [0.717, 1.165) is 5.56 Å². The van der Waals surface area contributed by atoms with Gasteiger partial charge in [-0.2, -0.15) is 0 Å². The second-order valence-corrected chi connectivity index (χ2v) is 6.67. The average molecular weight is 323 g/mol. The van der Waals surface area contributed by atoms with Gasteiger partial charge in [0.15, 0.2) is 11.5 Å². The minimum Gasteiger partial charge on any atom is -0.454 e. The third-order valence-electron chi connectivity index (χ3n) is 3.24. The molecule has 0 spiro atoms. The largest absolute Gasteiger partial charge is 0.454 e. The first kappa shape index (κ1) is 14.8. The quantitative estimate of drug-likeness (QED) is 0.916. The molecule has 1 aliphatic rings. The Hall–Kier alpha value is -2.12. The highest BCUT2D eigenvalue weighted by molar-refractivity contribution is 7.88. The standard InChI is InChI=1S/C15H14FNO4S/c16-13-4-2-1-3-12(13)9-22(18,19)17-8-11-5-6-14-15(7-11)21-10-20-14/h1-7,17H,8-10H2. The Bertz CT molecular complexity index is 792. The topological polar surface area (TPSA) is 64.6 Å². The van der Waals surface area contributed by atoms with Crippen LogP contribution < -0.4 is 14.2 Å². The first-order valence-corrected chi connectivity index (χ1v) is 8.28. The van der Waals surface area contributed by atoms with Crippen LogP contribution in [0.5, 0.6) is 11.5 Å². The van der Waals surface area contributed by atoms with Crippen molar-refractivity contribution in [2.24, 2.45) is 0 Å². The van der Waals surface area contributed by atoms with Crippen LogP contribution in [-0.2, 0) is 22.3 Å². The monoisotopic (exact) mass is 323 g/mol. The molecule has 0 fully saturated rings. The molecule has 2 aromatic rings. The Labute approximate surface area is 127 Å². The van der Waals surface area contributed by atoms with Gasteiger partial charge in [-0.05, 0) is 23.8 Å². The molecular weight excluding hydrogens is 309 g/mol. The van der Waals surface area contributed by atoms with Crippen LogP contribution in [0.2, 0.25) is 0 Å². The van der Waals surface area contributed by atoms with Gasteiger partial charge in [0.05, 0.1) is 5.75 Å². The van der Waals surface area contributed by atoms with E-state index in [1.807, 2.05) is 0 Å². The Morgan fingerprint density at radius 2 is 1.86 bits per heavy atom. The molecule has 1 N–H and O–H groups in total. The summed E-state index contributed by atoms with van der Waals surface area (Å²) < 4.78 is 50.4. The maximum Gasteiger partial charge on any atom is 0.231 e. The summed E-state index contributed by atoms with van der Waals surface area (Å²) in [6.07, 6.45) is 0. The summed E-state index contributed by atoms with van der Waals surface area (Å²) in [5.74, 6) is 0.296. The Morgan fingerprint density at radius 3 is 2.68 bits per heavy atom. The van der Waals surface area contributed by atoms with E-state index in [9.17, 15) is 12.8 Å². The molecule has 2 aromatic carbocycles. The van der Waals surface area contributed by atoms with Crippen molar-refractivity contribution in [2.45, 2.75) is 12.3 Å². The van der Waals surface area contributed by atoms with Crippen LogP contribution in [-0.4, -0.2) is 15.2 Å². The van der Waals surface area contributed by atoms with Crippen LogP contribution in [0.25, 0.3) is 0 Å². The van der Waals surface area contributed by atoms with E-state index in [2.05, 4.69) is 4.72 Å². The van der Waals surface area contributed by atoms with Gasteiger partial charge in [-0.1, -0.05) is 24.3 Å². The summed E-state index contributed by atoms with van der Waals surface area (Å²) >= 11 is 0. The molecule has 0 saturated carbocycles. The summed E-state index contributed by atoms with van der Waals surface area (Å²) in [6, 6.07) is 11.0. The normalized spacial score (nSPS) is 13.3. The van der Waals surface area contributed by atoms with Crippen molar-refractivity contribution >= 4 is 10.0 Å². The van der Waals surface area contributed by atoms with Gasteiger partial charge in [0.1, 0.15) is 5.82 Å². The second kappa shape index (κ2) is 5.94. The summed E-state index contributed by atoms with van der Waals surface area (Å²) in [4.78, 5) is 0. The Morgan fingerprint density at radius 1 is 1.09 bits per heavy atom. The Balaban J connectivity index is 1.66. The third kappa shape index (κ3) is 3.37. The molecule has 0 aromatic heterocycles. The van der Waals surface area contributed by atoms with Crippen molar-refractivity contribution in [3.8, 4) is 11.5 Å². The van der Waals surface area contributed by atoms with Crippen molar-refractivity contribution in [2.75, 3.05) is 6.79 Å². The number of rotatable bonds is 5. The van der Waals surface area contributed by atoms with Crippen LogP contribution in [0, 0.1) is 5.82 Å². The lowest BCUT2D eigenvalue weighted by Crippen LogP contribution is -2.25. The van der Waals surface area contributed by atoms with Crippen molar-refractivity contribution in [1.82, 2.24) is 4.72 Å². The lowest BCUT2D eigenvalue weighted by Gasteiger charge is -2.08. The molecule has 0 atom stereocenters. The number of benzene rings is 2. The zero-order valence-electron chi connectivity index (χ0n) is 11.6. The highest BCUT2D eigenvalue weighted by Crippen LogP contribution is 2.32. The van der Waals surface area contributed by atoms with Crippen LogP contribution >= 0.6 is 0 Å². The fraction of sp³-hybridized carbons (Fsp3) is 0.200. The van der Waals surface area contributed by atoms with Gasteiger partial charge in [-0.3, -0.25) is 0 Å². The number of fused-ring (bicyclic) bond motifs is 1. The van der Waals surface area contributed by atoms with Gasteiger partial charge >= 0.3 is 0 Å². The highest BCUT2D eigenvalue weighted by Gasteiger charge is 2.16. The molecule has 1 heterocycles. The fourth-order valence-corrected chi connectivity index (χ4v) is 3.25. The molecule has 3 rings (SSSR count). The molecule has 22 heavy (non-hydrogen) atoms. The van der Waals surface area contributed by atoms with Gasteiger partial charge in [-0.15, -0.1) is 0 Å². The number of hydrogen-bond donors (Lipinski definition) is 1. The number of hydrogen-bond acceptors (Lipinski definition) is 4. The van der Waals surface area contributed by atoms with Crippen LogP contribution in [0.15, 0.2) is 42.5 Å². The molecule has 0 bridgehead atoms. The van der Waals surface area contributed by atoms with E-state index in [-0.39, 0.29) is 18.9 Å². The number of nitrogens with one attached hydrogen (secondary N) is 1. The molecule has 116 valence electrons. The van der Waals surface area contributed by atoms with E-state index in [4.69, 9.17) is 9.47 Å². The van der Waals surface area contributed by atoms with E-state index < -0.39 is 21.6 Å². The van der Waals surface area contributed by atoms with Crippen LogP contribution in [0.3, 0.4) is 0 Å². The predicted molar refractivity (Wildman–Crippen MR) is 78.4 cm³/mol. The smallest absolute Gasteiger partial charge is 0.231 e. The summed E-state index contributed by atoms with van der Waals surface area (Å²) in [5, 5.41) is 0. The van der Waals surface area contributed by atoms with Gasteiger partial charge < -0.3 is 9.47 Å². The molecule has 5 nitrogen and oxygen atoms in total. The lowest BCUT2D eigenvalue weighted by atomic mass is 10.2. The van der Waals surface area contributed by atoms with E-state index in [0.29, 0.717) is 11.5 Å².